The van der Waals surface area contributed by atoms with Gasteiger partial charge in [-0.3, -0.25) is 4.79 Å². The maximum Gasteiger partial charge on any atom is 0.260 e. The van der Waals surface area contributed by atoms with Crippen LogP contribution in [0.5, 0.6) is 11.5 Å². The van der Waals surface area contributed by atoms with E-state index < -0.39 is 6.10 Å². The molecule has 5 nitrogen and oxygen atoms in total. The number of carbonyl (C=O) groups excluding carboxylic acids is 1. The minimum Gasteiger partial charge on any atom is -0.493 e. The second kappa shape index (κ2) is 6.47. The van der Waals surface area contributed by atoms with Crippen LogP contribution in [0.3, 0.4) is 0 Å². The molecule has 0 saturated carbocycles. The summed E-state index contributed by atoms with van der Waals surface area (Å²) < 4.78 is 10.6. The van der Waals surface area contributed by atoms with Gasteiger partial charge in [-0.15, -0.1) is 0 Å². The van der Waals surface area contributed by atoms with E-state index in [0.29, 0.717) is 22.1 Å². The molecule has 6 heteroatoms. The van der Waals surface area contributed by atoms with Crippen molar-refractivity contribution in [3.63, 3.8) is 0 Å². The molecule has 1 amide bonds. The number of benzene rings is 1. The van der Waals surface area contributed by atoms with Crippen LogP contribution in [-0.2, 0) is 11.4 Å². The van der Waals surface area contributed by atoms with E-state index in [1.165, 1.54) is 14.2 Å². The highest BCUT2D eigenvalue weighted by Crippen LogP contribution is 2.35. The topological polar surface area (TPSA) is 67.8 Å². The molecule has 0 aromatic heterocycles. The summed E-state index contributed by atoms with van der Waals surface area (Å²) in [5.41, 5.74) is 0.468. The Labute approximate surface area is 111 Å². The van der Waals surface area contributed by atoms with Crippen LogP contribution in [0.1, 0.15) is 12.5 Å². The third-order valence-corrected chi connectivity index (χ3v) is 2.62. The first kappa shape index (κ1) is 14.6. The number of nitrogens with one attached hydrogen (secondary N) is 1. The van der Waals surface area contributed by atoms with Crippen LogP contribution in [-0.4, -0.2) is 31.3 Å². The zero-order chi connectivity index (χ0) is 13.7. The highest BCUT2D eigenvalue weighted by Gasteiger charge is 2.19. The summed E-state index contributed by atoms with van der Waals surface area (Å²) in [6.07, 6.45) is -0.699. The van der Waals surface area contributed by atoms with Crippen LogP contribution < -0.4 is 14.8 Å². The Morgan fingerprint density at radius 1 is 1.56 bits per heavy atom. The van der Waals surface area contributed by atoms with Gasteiger partial charge in [0.25, 0.3) is 5.91 Å². The molecule has 0 spiro atoms. The molecular formula is C12H16ClNO4. The molecule has 2 N–H and O–H groups in total. The molecular weight excluding hydrogens is 258 g/mol. The van der Waals surface area contributed by atoms with Gasteiger partial charge < -0.3 is 19.9 Å². The van der Waals surface area contributed by atoms with E-state index in [9.17, 15) is 9.90 Å². The predicted molar refractivity (Wildman–Crippen MR) is 68.1 cm³/mol. The number of ether oxygens (including phenoxy) is 2. The van der Waals surface area contributed by atoms with E-state index in [-0.39, 0.29) is 12.5 Å². The van der Waals surface area contributed by atoms with Gasteiger partial charge >= 0.3 is 0 Å². The van der Waals surface area contributed by atoms with Crippen molar-refractivity contribution in [1.29, 1.82) is 0 Å². The van der Waals surface area contributed by atoms with E-state index >= 15 is 0 Å². The number of likely N-dealkylation sites (N-methyl/N-ethyl adjacent to an activating group) is 1. The fraction of sp³-hybridized carbons (Fsp3) is 0.417. The number of amides is 1. The van der Waals surface area contributed by atoms with Crippen LogP contribution in [0.25, 0.3) is 0 Å². The van der Waals surface area contributed by atoms with Crippen molar-refractivity contribution in [1.82, 2.24) is 5.32 Å². The lowest BCUT2D eigenvalue weighted by molar-refractivity contribution is -0.126. The van der Waals surface area contributed by atoms with Gasteiger partial charge in [0.1, 0.15) is 0 Å². The van der Waals surface area contributed by atoms with Crippen molar-refractivity contribution < 1.29 is 19.4 Å². The summed E-state index contributed by atoms with van der Waals surface area (Å²) in [7, 11) is 2.98. The summed E-state index contributed by atoms with van der Waals surface area (Å²) in [4.78, 5) is 11.4. The van der Waals surface area contributed by atoms with Crippen molar-refractivity contribution in [3.8, 4) is 11.5 Å². The number of aliphatic hydroxyl groups is 1. The quantitative estimate of drug-likeness (QED) is 0.850. The fourth-order valence-electron chi connectivity index (χ4n) is 1.46. The van der Waals surface area contributed by atoms with E-state index in [0.717, 1.165) is 0 Å². The lowest BCUT2D eigenvalue weighted by Crippen LogP contribution is -2.34. The van der Waals surface area contributed by atoms with Crippen molar-refractivity contribution in [2.24, 2.45) is 0 Å². The Morgan fingerprint density at radius 3 is 2.72 bits per heavy atom. The normalized spacial score (nSPS) is 11.8. The largest absolute Gasteiger partial charge is 0.493 e. The Bertz CT molecular complexity index is 411. The van der Waals surface area contributed by atoms with Crippen molar-refractivity contribution in [2.75, 3.05) is 14.2 Å². The SMILES string of the molecule is CNC(=O)C(C)Oc1c(CO)cc(Cl)cc1OC. The molecule has 1 unspecified atom stereocenters. The standard InChI is InChI=1S/C12H16ClNO4/c1-7(12(16)14-2)18-11-8(6-15)4-9(13)5-10(11)17-3/h4-5,7,15H,6H2,1-3H3,(H,14,16). The van der Waals surface area contributed by atoms with Gasteiger partial charge in [-0.1, -0.05) is 11.6 Å². The molecule has 0 radical (unpaired) electrons. The van der Waals surface area contributed by atoms with Crippen LogP contribution >= 0.6 is 11.6 Å². The molecule has 100 valence electrons. The Kier molecular flexibility index (Phi) is 5.25. The number of hydrogen-bond acceptors (Lipinski definition) is 4. The lowest BCUT2D eigenvalue weighted by atomic mass is 10.2. The number of halogens is 1. The minimum absolute atomic E-state index is 0.257. The molecule has 1 aromatic carbocycles. The zero-order valence-electron chi connectivity index (χ0n) is 10.5. The van der Waals surface area contributed by atoms with Crippen LogP contribution in [0.15, 0.2) is 12.1 Å². The summed E-state index contributed by atoms with van der Waals surface area (Å²) in [5.74, 6) is 0.429. The smallest absolute Gasteiger partial charge is 0.260 e. The molecule has 1 atom stereocenters. The number of hydrogen-bond donors (Lipinski definition) is 2. The molecule has 0 aliphatic rings. The molecule has 0 bridgehead atoms. The second-order valence-corrected chi connectivity index (χ2v) is 4.07. The molecule has 1 rings (SSSR count). The minimum atomic E-state index is -0.699. The number of carbonyl (C=O) groups is 1. The van der Waals surface area contributed by atoms with E-state index in [1.807, 2.05) is 0 Å². The Balaban J connectivity index is 3.09. The molecule has 0 heterocycles. The maximum absolute atomic E-state index is 11.4. The molecule has 1 aromatic rings. The molecule has 18 heavy (non-hydrogen) atoms. The summed E-state index contributed by atoms with van der Waals surface area (Å²) >= 11 is 5.88. The predicted octanol–water partition coefficient (Wildman–Crippen LogP) is 1.35. The van der Waals surface area contributed by atoms with Gasteiger partial charge in [0.2, 0.25) is 0 Å². The average Bonchev–Trinajstić information content (AvgIpc) is 2.38. The van der Waals surface area contributed by atoms with Crippen molar-refractivity contribution in [2.45, 2.75) is 19.6 Å². The van der Waals surface area contributed by atoms with Gasteiger partial charge in [0.05, 0.1) is 13.7 Å². The number of aliphatic hydroxyl groups excluding tert-OH is 1. The first-order chi connectivity index (χ1) is 8.53. The first-order valence-corrected chi connectivity index (χ1v) is 5.76. The molecule has 0 fully saturated rings. The summed E-state index contributed by atoms with van der Waals surface area (Å²) in [5, 5.41) is 12.2. The van der Waals surface area contributed by atoms with Crippen molar-refractivity contribution in [3.05, 3.63) is 22.7 Å². The highest BCUT2D eigenvalue weighted by molar-refractivity contribution is 6.30. The van der Waals surface area contributed by atoms with Gasteiger partial charge in [-0.2, -0.15) is 0 Å². The Morgan fingerprint density at radius 2 is 2.22 bits per heavy atom. The van der Waals surface area contributed by atoms with E-state index in [1.54, 1.807) is 19.1 Å². The molecule has 0 aliphatic carbocycles. The average molecular weight is 274 g/mol. The summed E-state index contributed by atoms with van der Waals surface area (Å²) in [6, 6.07) is 3.13. The van der Waals surface area contributed by atoms with Gasteiger partial charge in [0, 0.05) is 23.7 Å². The van der Waals surface area contributed by atoms with Crippen LogP contribution in [0.4, 0.5) is 0 Å². The van der Waals surface area contributed by atoms with E-state index in [4.69, 9.17) is 21.1 Å². The van der Waals surface area contributed by atoms with Crippen LogP contribution in [0, 0.1) is 0 Å². The van der Waals surface area contributed by atoms with Crippen LogP contribution in [0.2, 0.25) is 5.02 Å². The highest BCUT2D eigenvalue weighted by atomic mass is 35.5. The number of methoxy groups -OCH3 is 1. The summed E-state index contributed by atoms with van der Waals surface area (Å²) in [6.45, 7) is 1.35. The monoisotopic (exact) mass is 273 g/mol. The van der Waals surface area contributed by atoms with Crippen molar-refractivity contribution >= 4 is 17.5 Å². The van der Waals surface area contributed by atoms with Gasteiger partial charge in [-0.05, 0) is 13.0 Å². The number of rotatable bonds is 5. The first-order valence-electron chi connectivity index (χ1n) is 5.39. The van der Waals surface area contributed by atoms with E-state index in [2.05, 4.69) is 5.32 Å². The fourth-order valence-corrected chi connectivity index (χ4v) is 1.69. The van der Waals surface area contributed by atoms with Gasteiger partial charge in [0.15, 0.2) is 17.6 Å². The third-order valence-electron chi connectivity index (χ3n) is 2.40. The maximum atomic E-state index is 11.4. The van der Waals surface area contributed by atoms with Gasteiger partial charge in [-0.25, -0.2) is 0 Å². The Hall–Kier alpha value is -1.46. The molecule has 0 aliphatic heterocycles. The third kappa shape index (κ3) is 3.27. The molecule has 0 saturated heterocycles. The lowest BCUT2D eigenvalue weighted by Gasteiger charge is -2.18. The zero-order valence-corrected chi connectivity index (χ0v) is 11.2. The second-order valence-electron chi connectivity index (χ2n) is 3.63.